The number of para-hydroxylation sites is 1. The van der Waals surface area contributed by atoms with Crippen LogP contribution in [-0.2, 0) is 10.0 Å². The highest BCUT2D eigenvalue weighted by atomic mass is 32.2. The first-order chi connectivity index (χ1) is 9.81. The van der Waals surface area contributed by atoms with Gasteiger partial charge in [-0.1, -0.05) is 24.4 Å². The Bertz CT molecular complexity index is 769. The van der Waals surface area contributed by atoms with Gasteiger partial charge in [0.2, 0.25) is 0 Å². The molecule has 1 aromatic carbocycles. The van der Waals surface area contributed by atoms with Gasteiger partial charge in [-0.25, -0.2) is 12.8 Å². The molecule has 1 aromatic heterocycles. The number of rotatable bonds is 4. The number of pyridine rings is 1. The molecule has 0 aliphatic rings. The van der Waals surface area contributed by atoms with Gasteiger partial charge in [0.25, 0.3) is 10.0 Å². The lowest BCUT2D eigenvalue weighted by Gasteiger charge is -2.11. The van der Waals surface area contributed by atoms with Crippen LogP contribution in [-0.4, -0.2) is 18.4 Å². The maximum Gasteiger partial charge on any atom is 0.263 e. The van der Waals surface area contributed by atoms with Crippen LogP contribution in [0.3, 0.4) is 0 Å². The van der Waals surface area contributed by atoms with Gasteiger partial charge < -0.3 is 5.73 Å². The van der Waals surface area contributed by atoms with Crippen LogP contribution >= 0.6 is 12.2 Å². The zero-order valence-electron chi connectivity index (χ0n) is 11.0. The minimum Gasteiger partial charge on any atom is -0.388 e. The topological polar surface area (TPSA) is 85.1 Å². The van der Waals surface area contributed by atoms with E-state index in [1.54, 1.807) is 13.0 Å². The fourth-order valence-corrected chi connectivity index (χ4v) is 2.84. The third-order valence-corrected chi connectivity index (χ3v) is 4.30. The first-order valence-corrected chi connectivity index (χ1v) is 7.74. The number of sulfonamides is 1. The molecule has 0 unspecified atom stereocenters. The average molecular weight is 325 g/mol. The number of halogens is 1. The number of nitrogens with two attached hydrogens (primary N) is 1. The zero-order valence-corrected chi connectivity index (χ0v) is 12.6. The molecule has 2 rings (SSSR count). The molecule has 0 spiro atoms. The van der Waals surface area contributed by atoms with Crippen molar-refractivity contribution in [2.45, 2.75) is 11.8 Å². The second-order valence-electron chi connectivity index (χ2n) is 4.28. The molecule has 3 N–H and O–H groups in total. The summed E-state index contributed by atoms with van der Waals surface area (Å²) in [5.74, 6) is -0.647. The van der Waals surface area contributed by atoms with Crippen LogP contribution in [0.5, 0.6) is 0 Å². The van der Waals surface area contributed by atoms with E-state index in [4.69, 9.17) is 18.0 Å². The summed E-state index contributed by atoms with van der Waals surface area (Å²) in [6, 6.07) is 6.99. The molecule has 0 saturated heterocycles. The maximum absolute atomic E-state index is 13.7. The minimum absolute atomic E-state index is 0.0665. The van der Waals surface area contributed by atoms with Crippen molar-refractivity contribution in [1.82, 2.24) is 4.98 Å². The first kappa shape index (κ1) is 15.3. The Morgan fingerprint density at radius 1 is 1.33 bits per heavy atom. The molecule has 1 heterocycles. The van der Waals surface area contributed by atoms with E-state index in [2.05, 4.69) is 9.71 Å². The van der Waals surface area contributed by atoms with Crippen molar-refractivity contribution in [2.75, 3.05) is 4.72 Å². The van der Waals surface area contributed by atoms with E-state index in [1.807, 2.05) is 0 Å². The van der Waals surface area contributed by atoms with E-state index in [-0.39, 0.29) is 15.6 Å². The molecule has 110 valence electrons. The Hall–Kier alpha value is -2.06. The van der Waals surface area contributed by atoms with E-state index in [1.165, 1.54) is 24.3 Å². The van der Waals surface area contributed by atoms with Gasteiger partial charge in [-0.3, -0.25) is 9.71 Å². The summed E-state index contributed by atoms with van der Waals surface area (Å²) in [5, 5.41) is 0. The molecule has 21 heavy (non-hydrogen) atoms. The summed E-state index contributed by atoms with van der Waals surface area (Å²) in [6.07, 6.45) is 1.12. The molecule has 0 atom stereocenters. The Balaban J connectivity index is 2.36. The number of anilines is 1. The van der Waals surface area contributed by atoms with Crippen molar-refractivity contribution in [3.05, 3.63) is 53.6 Å². The number of hydrogen-bond acceptors (Lipinski definition) is 4. The highest BCUT2D eigenvalue weighted by molar-refractivity contribution is 7.92. The monoisotopic (exact) mass is 325 g/mol. The molecular weight excluding hydrogens is 313 g/mol. The fraction of sp³-hybridized carbons (Fsp3) is 0.0769. The normalized spacial score (nSPS) is 11.1. The maximum atomic E-state index is 13.7. The van der Waals surface area contributed by atoms with Gasteiger partial charge in [0.15, 0.2) is 0 Å². The Morgan fingerprint density at radius 2 is 2.05 bits per heavy atom. The predicted molar refractivity (Wildman–Crippen MR) is 82.1 cm³/mol. The van der Waals surface area contributed by atoms with Crippen LogP contribution in [0.4, 0.5) is 10.1 Å². The van der Waals surface area contributed by atoms with Crippen molar-refractivity contribution in [1.29, 1.82) is 0 Å². The highest BCUT2D eigenvalue weighted by Gasteiger charge is 2.18. The average Bonchev–Trinajstić information content (AvgIpc) is 2.43. The predicted octanol–water partition coefficient (Wildman–Crippen LogP) is 1.96. The van der Waals surface area contributed by atoms with Gasteiger partial charge in [-0.2, -0.15) is 0 Å². The highest BCUT2D eigenvalue weighted by Crippen LogP contribution is 2.22. The van der Waals surface area contributed by atoms with Crippen molar-refractivity contribution in [3.63, 3.8) is 0 Å². The van der Waals surface area contributed by atoms with E-state index in [9.17, 15) is 12.8 Å². The Morgan fingerprint density at radius 3 is 2.57 bits per heavy atom. The third kappa shape index (κ3) is 3.34. The Kier molecular flexibility index (Phi) is 4.19. The molecule has 0 bridgehead atoms. The lowest BCUT2D eigenvalue weighted by atomic mass is 10.2. The van der Waals surface area contributed by atoms with Crippen molar-refractivity contribution in [3.8, 4) is 0 Å². The van der Waals surface area contributed by atoms with Crippen molar-refractivity contribution in [2.24, 2.45) is 5.73 Å². The number of benzene rings is 1. The van der Waals surface area contributed by atoms with Gasteiger partial charge in [0.1, 0.15) is 15.7 Å². The molecule has 0 fully saturated rings. The Labute approximate surface area is 127 Å². The van der Waals surface area contributed by atoms with E-state index in [0.29, 0.717) is 11.3 Å². The van der Waals surface area contributed by atoms with Gasteiger partial charge in [-0.05, 0) is 30.7 Å². The first-order valence-electron chi connectivity index (χ1n) is 5.85. The number of nitrogens with zero attached hydrogens (tertiary/aromatic N) is 1. The van der Waals surface area contributed by atoms with Crippen LogP contribution in [0.1, 0.15) is 11.3 Å². The molecule has 0 aliphatic carbocycles. The number of hydrogen-bond donors (Lipinski definition) is 2. The summed E-state index contributed by atoms with van der Waals surface area (Å²) in [6.45, 7) is 1.61. The number of nitrogens with one attached hydrogen (secondary N) is 1. The van der Waals surface area contributed by atoms with E-state index < -0.39 is 15.8 Å². The van der Waals surface area contributed by atoms with E-state index in [0.717, 1.165) is 6.20 Å². The molecular formula is C13H12FN3O2S2. The lowest BCUT2D eigenvalue weighted by Crippen LogP contribution is -2.16. The van der Waals surface area contributed by atoms with Crippen LogP contribution in [0.15, 0.2) is 41.4 Å². The summed E-state index contributed by atoms with van der Waals surface area (Å²) in [7, 11) is -3.94. The van der Waals surface area contributed by atoms with Crippen LogP contribution in [0.25, 0.3) is 0 Å². The molecule has 5 nitrogen and oxygen atoms in total. The van der Waals surface area contributed by atoms with Gasteiger partial charge in [-0.15, -0.1) is 0 Å². The zero-order chi connectivity index (χ0) is 15.6. The molecule has 2 aromatic rings. The van der Waals surface area contributed by atoms with Gasteiger partial charge in [0.05, 0.1) is 11.4 Å². The van der Waals surface area contributed by atoms with Gasteiger partial charge in [0, 0.05) is 6.20 Å². The quantitative estimate of drug-likeness (QED) is 0.840. The van der Waals surface area contributed by atoms with Crippen LogP contribution in [0, 0.1) is 12.7 Å². The SMILES string of the molecule is Cc1cccc(F)c1NS(=O)(=O)c1ccc(C(N)=S)nc1. The molecule has 0 radical (unpaired) electrons. The molecule has 0 saturated carbocycles. The standard InChI is InChI=1S/C13H12FN3O2S2/c1-8-3-2-4-10(14)12(8)17-21(18,19)9-5-6-11(13(15)20)16-7-9/h2-7,17H,1H3,(H2,15,20). The summed E-state index contributed by atoms with van der Waals surface area (Å²) < 4.78 is 40.3. The van der Waals surface area contributed by atoms with Gasteiger partial charge >= 0.3 is 0 Å². The minimum atomic E-state index is -3.94. The van der Waals surface area contributed by atoms with Crippen molar-refractivity contribution >= 4 is 32.9 Å². The number of aromatic nitrogens is 1. The number of aryl methyl sites for hydroxylation is 1. The van der Waals surface area contributed by atoms with Crippen LogP contribution in [0.2, 0.25) is 0 Å². The third-order valence-electron chi connectivity index (χ3n) is 2.76. The summed E-state index contributed by atoms with van der Waals surface area (Å²) >= 11 is 4.74. The van der Waals surface area contributed by atoms with E-state index >= 15 is 0 Å². The largest absolute Gasteiger partial charge is 0.388 e. The van der Waals surface area contributed by atoms with Crippen LogP contribution < -0.4 is 10.5 Å². The summed E-state index contributed by atoms with van der Waals surface area (Å²) in [5.41, 5.74) is 6.09. The molecule has 0 amide bonds. The summed E-state index contributed by atoms with van der Waals surface area (Å²) in [4.78, 5) is 3.81. The molecule has 0 aliphatic heterocycles. The van der Waals surface area contributed by atoms with Crippen molar-refractivity contribution < 1.29 is 12.8 Å². The second-order valence-corrected chi connectivity index (χ2v) is 6.40. The molecule has 8 heteroatoms. The second kappa shape index (κ2) is 5.74. The smallest absolute Gasteiger partial charge is 0.263 e. The lowest BCUT2D eigenvalue weighted by molar-refractivity contribution is 0.598. The fourth-order valence-electron chi connectivity index (χ4n) is 1.64. The number of thiocarbonyl (C=S) groups is 1.